The Hall–Kier alpha value is -0.570. The van der Waals surface area contributed by atoms with Gasteiger partial charge in [-0.1, -0.05) is 32.6 Å². The van der Waals surface area contributed by atoms with Gasteiger partial charge >= 0.3 is 0 Å². The fourth-order valence-electron chi connectivity index (χ4n) is 3.81. The molecule has 1 aliphatic heterocycles. The summed E-state index contributed by atoms with van der Waals surface area (Å²) in [4.78, 5) is 14.7. The SMILES string of the molecule is CCC1CCCN(C(=O)CC2(CN)CCCCC2)C1. The van der Waals surface area contributed by atoms with Gasteiger partial charge < -0.3 is 10.6 Å². The summed E-state index contributed by atoms with van der Waals surface area (Å²) in [7, 11) is 0. The molecule has 1 aliphatic carbocycles. The predicted octanol–water partition coefficient (Wildman–Crippen LogP) is 2.93. The fourth-order valence-corrected chi connectivity index (χ4v) is 3.81. The van der Waals surface area contributed by atoms with Crippen LogP contribution in [0.2, 0.25) is 0 Å². The zero-order valence-electron chi connectivity index (χ0n) is 12.5. The molecule has 19 heavy (non-hydrogen) atoms. The van der Waals surface area contributed by atoms with E-state index in [-0.39, 0.29) is 5.41 Å². The maximum Gasteiger partial charge on any atom is 0.223 e. The van der Waals surface area contributed by atoms with E-state index in [1.165, 1.54) is 38.5 Å². The third-order valence-corrected chi connectivity index (χ3v) is 5.32. The maximum absolute atomic E-state index is 12.6. The van der Waals surface area contributed by atoms with E-state index in [2.05, 4.69) is 11.8 Å². The van der Waals surface area contributed by atoms with Gasteiger partial charge in [0.15, 0.2) is 0 Å². The van der Waals surface area contributed by atoms with E-state index in [9.17, 15) is 4.79 Å². The minimum Gasteiger partial charge on any atom is -0.342 e. The van der Waals surface area contributed by atoms with Gasteiger partial charge in [0.2, 0.25) is 5.91 Å². The lowest BCUT2D eigenvalue weighted by Gasteiger charge is -2.39. The first-order chi connectivity index (χ1) is 9.19. The molecule has 1 unspecified atom stereocenters. The number of nitrogens with zero attached hydrogens (tertiary/aromatic N) is 1. The largest absolute Gasteiger partial charge is 0.342 e. The van der Waals surface area contributed by atoms with Crippen molar-refractivity contribution in [3.63, 3.8) is 0 Å². The molecule has 0 aromatic heterocycles. The molecule has 0 aromatic carbocycles. The first-order valence-corrected chi connectivity index (χ1v) is 8.17. The molecule has 2 rings (SSSR count). The lowest BCUT2D eigenvalue weighted by molar-refractivity contribution is -0.136. The minimum absolute atomic E-state index is 0.120. The normalized spacial score (nSPS) is 27.3. The molecule has 110 valence electrons. The molecule has 2 N–H and O–H groups in total. The Kier molecular flexibility index (Phi) is 5.26. The summed E-state index contributed by atoms with van der Waals surface area (Å²) in [5.74, 6) is 1.09. The summed E-state index contributed by atoms with van der Waals surface area (Å²) in [5, 5.41) is 0. The average molecular weight is 266 g/mol. The smallest absolute Gasteiger partial charge is 0.223 e. The monoisotopic (exact) mass is 266 g/mol. The van der Waals surface area contributed by atoms with Gasteiger partial charge in [0, 0.05) is 19.5 Å². The number of hydrogen-bond donors (Lipinski definition) is 1. The van der Waals surface area contributed by atoms with Crippen LogP contribution in [0, 0.1) is 11.3 Å². The molecular weight excluding hydrogens is 236 g/mol. The van der Waals surface area contributed by atoms with Crippen LogP contribution in [-0.2, 0) is 4.79 Å². The summed E-state index contributed by atoms with van der Waals surface area (Å²) in [6.07, 6.45) is 10.5. The molecule has 1 atom stereocenters. The van der Waals surface area contributed by atoms with Gasteiger partial charge in [-0.25, -0.2) is 0 Å². The van der Waals surface area contributed by atoms with E-state index in [0.29, 0.717) is 18.9 Å². The second kappa shape index (κ2) is 6.74. The first kappa shape index (κ1) is 14.8. The summed E-state index contributed by atoms with van der Waals surface area (Å²) in [5.41, 5.74) is 6.12. The second-order valence-electron chi connectivity index (χ2n) is 6.70. The highest BCUT2D eigenvalue weighted by Crippen LogP contribution is 2.39. The number of carbonyl (C=O) groups excluding carboxylic acids is 1. The second-order valence-corrected chi connectivity index (χ2v) is 6.70. The number of likely N-dealkylation sites (tertiary alicyclic amines) is 1. The molecule has 1 heterocycles. The van der Waals surface area contributed by atoms with E-state index in [0.717, 1.165) is 31.8 Å². The molecular formula is C16H30N2O. The molecule has 3 nitrogen and oxygen atoms in total. The standard InChI is InChI=1S/C16H30N2O/c1-2-14-7-6-10-18(12-14)15(19)11-16(13-17)8-4-3-5-9-16/h14H,2-13,17H2,1H3. The van der Waals surface area contributed by atoms with Crippen molar-refractivity contribution < 1.29 is 4.79 Å². The molecule has 1 amide bonds. The molecule has 2 fully saturated rings. The van der Waals surface area contributed by atoms with Gasteiger partial charge in [-0.15, -0.1) is 0 Å². The van der Waals surface area contributed by atoms with Gasteiger partial charge in [-0.2, -0.15) is 0 Å². The van der Waals surface area contributed by atoms with Crippen molar-refractivity contribution in [3.8, 4) is 0 Å². The molecule has 2 aliphatic rings. The Balaban J connectivity index is 1.91. The molecule has 0 spiro atoms. The van der Waals surface area contributed by atoms with Crippen molar-refractivity contribution in [2.24, 2.45) is 17.1 Å². The summed E-state index contributed by atoms with van der Waals surface area (Å²) >= 11 is 0. The molecule has 1 saturated heterocycles. The fraction of sp³-hybridized carbons (Fsp3) is 0.938. The number of rotatable bonds is 4. The summed E-state index contributed by atoms with van der Waals surface area (Å²) in [6.45, 7) is 4.87. The van der Waals surface area contributed by atoms with Crippen molar-refractivity contribution >= 4 is 5.91 Å². The van der Waals surface area contributed by atoms with Crippen LogP contribution in [0.5, 0.6) is 0 Å². The number of nitrogens with two attached hydrogens (primary N) is 1. The van der Waals surface area contributed by atoms with E-state index >= 15 is 0 Å². The molecule has 3 heteroatoms. The van der Waals surface area contributed by atoms with Gasteiger partial charge in [0.25, 0.3) is 0 Å². The Morgan fingerprint density at radius 2 is 2.00 bits per heavy atom. The third-order valence-electron chi connectivity index (χ3n) is 5.32. The summed E-state index contributed by atoms with van der Waals surface area (Å²) < 4.78 is 0. The predicted molar refractivity (Wildman–Crippen MR) is 78.8 cm³/mol. The van der Waals surface area contributed by atoms with E-state index in [4.69, 9.17) is 5.73 Å². The maximum atomic E-state index is 12.6. The zero-order chi connectivity index (χ0) is 13.7. The van der Waals surface area contributed by atoms with Gasteiger partial charge in [0.1, 0.15) is 0 Å². The number of amides is 1. The van der Waals surface area contributed by atoms with Crippen molar-refractivity contribution in [2.75, 3.05) is 19.6 Å². The van der Waals surface area contributed by atoms with Crippen LogP contribution in [0.1, 0.15) is 64.7 Å². The third kappa shape index (κ3) is 3.71. The van der Waals surface area contributed by atoms with Gasteiger partial charge in [-0.3, -0.25) is 4.79 Å². The molecule has 0 bridgehead atoms. The van der Waals surface area contributed by atoms with Crippen LogP contribution >= 0.6 is 0 Å². The van der Waals surface area contributed by atoms with Crippen LogP contribution in [0.15, 0.2) is 0 Å². The van der Waals surface area contributed by atoms with Crippen LogP contribution in [0.3, 0.4) is 0 Å². The zero-order valence-corrected chi connectivity index (χ0v) is 12.5. The van der Waals surface area contributed by atoms with Crippen LogP contribution in [-0.4, -0.2) is 30.4 Å². The lowest BCUT2D eigenvalue weighted by Crippen LogP contribution is -2.44. The Labute approximate surface area is 117 Å². The summed E-state index contributed by atoms with van der Waals surface area (Å²) in [6, 6.07) is 0. The van der Waals surface area contributed by atoms with Crippen LogP contribution in [0.4, 0.5) is 0 Å². The first-order valence-electron chi connectivity index (χ1n) is 8.17. The van der Waals surface area contributed by atoms with Gasteiger partial charge in [-0.05, 0) is 43.6 Å². The number of hydrogen-bond acceptors (Lipinski definition) is 2. The highest BCUT2D eigenvalue weighted by molar-refractivity contribution is 5.77. The highest BCUT2D eigenvalue weighted by atomic mass is 16.2. The average Bonchev–Trinajstić information content (AvgIpc) is 2.48. The lowest BCUT2D eigenvalue weighted by atomic mass is 9.71. The number of piperidine rings is 1. The van der Waals surface area contributed by atoms with Crippen LogP contribution < -0.4 is 5.73 Å². The van der Waals surface area contributed by atoms with Crippen molar-refractivity contribution in [2.45, 2.75) is 64.7 Å². The van der Waals surface area contributed by atoms with E-state index in [1.807, 2.05) is 0 Å². The Bertz CT molecular complexity index is 297. The van der Waals surface area contributed by atoms with E-state index in [1.54, 1.807) is 0 Å². The van der Waals surface area contributed by atoms with E-state index < -0.39 is 0 Å². The van der Waals surface area contributed by atoms with Crippen molar-refractivity contribution in [1.29, 1.82) is 0 Å². The molecule has 0 radical (unpaired) electrons. The van der Waals surface area contributed by atoms with Gasteiger partial charge in [0.05, 0.1) is 0 Å². The minimum atomic E-state index is 0.120. The van der Waals surface area contributed by atoms with Crippen LogP contribution in [0.25, 0.3) is 0 Å². The highest BCUT2D eigenvalue weighted by Gasteiger charge is 2.35. The number of carbonyl (C=O) groups is 1. The molecule has 0 aromatic rings. The quantitative estimate of drug-likeness (QED) is 0.850. The van der Waals surface area contributed by atoms with Crippen molar-refractivity contribution in [3.05, 3.63) is 0 Å². The Morgan fingerprint density at radius 1 is 1.26 bits per heavy atom. The Morgan fingerprint density at radius 3 is 2.63 bits per heavy atom. The molecule has 1 saturated carbocycles. The van der Waals surface area contributed by atoms with Crippen molar-refractivity contribution in [1.82, 2.24) is 4.90 Å². The topological polar surface area (TPSA) is 46.3 Å².